The second-order valence-corrected chi connectivity index (χ2v) is 4.29. The highest BCUT2D eigenvalue weighted by Gasteiger charge is 2.18. The molecule has 3 N–H and O–H groups in total. The minimum Gasteiger partial charge on any atom is -0.480 e. The van der Waals surface area contributed by atoms with Crippen molar-refractivity contribution in [1.29, 1.82) is 0 Å². The minimum absolute atomic E-state index is 0.415. The topological polar surface area (TPSA) is 78.4 Å². The van der Waals surface area contributed by atoms with E-state index >= 15 is 0 Å². The number of amides is 2. The van der Waals surface area contributed by atoms with E-state index in [0.717, 1.165) is 12.0 Å². The summed E-state index contributed by atoms with van der Waals surface area (Å²) in [4.78, 5) is 22.7. The molecule has 1 aromatic rings. The zero-order chi connectivity index (χ0) is 14.3. The summed E-state index contributed by atoms with van der Waals surface area (Å²) >= 11 is 0. The van der Waals surface area contributed by atoms with Gasteiger partial charge in [-0.15, -0.1) is 0 Å². The maximum atomic E-state index is 11.8. The van der Waals surface area contributed by atoms with Crippen molar-refractivity contribution < 1.29 is 14.7 Å². The van der Waals surface area contributed by atoms with E-state index in [9.17, 15) is 9.59 Å². The predicted octanol–water partition coefficient (Wildman–Crippen LogP) is 2.62. The van der Waals surface area contributed by atoms with Crippen LogP contribution in [0.25, 0.3) is 0 Å². The highest BCUT2D eigenvalue weighted by Crippen LogP contribution is 2.15. The Morgan fingerprint density at radius 1 is 1.26 bits per heavy atom. The van der Waals surface area contributed by atoms with Gasteiger partial charge in [-0.3, -0.25) is 0 Å². The van der Waals surface area contributed by atoms with Crippen LogP contribution in [0.3, 0.4) is 0 Å². The normalized spacial score (nSPS) is 11.7. The fourth-order valence-electron chi connectivity index (χ4n) is 1.81. The van der Waals surface area contributed by atoms with Crippen LogP contribution in [-0.2, 0) is 11.2 Å². The van der Waals surface area contributed by atoms with Gasteiger partial charge in [0, 0.05) is 5.69 Å². The van der Waals surface area contributed by atoms with Crippen molar-refractivity contribution in [3.05, 3.63) is 29.8 Å². The van der Waals surface area contributed by atoms with E-state index in [1.165, 1.54) is 0 Å². The Balaban J connectivity index is 2.66. The highest BCUT2D eigenvalue weighted by molar-refractivity contribution is 5.92. The van der Waals surface area contributed by atoms with Crippen LogP contribution >= 0.6 is 0 Å². The van der Waals surface area contributed by atoms with Gasteiger partial charge in [-0.05, 0) is 24.5 Å². The van der Waals surface area contributed by atoms with Gasteiger partial charge in [0.05, 0.1) is 0 Å². The molecule has 0 spiro atoms. The van der Waals surface area contributed by atoms with Crippen molar-refractivity contribution in [2.24, 2.45) is 0 Å². The first-order valence-electron chi connectivity index (χ1n) is 6.46. The maximum absolute atomic E-state index is 11.8. The van der Waals surface area contributed by atoms with E-state index in [1.807, 2.05) is 32.0 Å². The minimum atomic E-state index is -1.01. The lowest BCUT2D eigenvalue weighted by Crippen LogP contribution is -2.43. The Kier molecular flexibility index (Phi) is 5.85. The monoisotopic (exact) mass is 264 g/mol. The summed E-state index contributed by atoms with van der Waals surface area (Å²) in [7, 11) is 0. The van der Waals surface area contributed by atoms with Crippen LogP contribution < -0.4 is 10.6 Å². The van der Waals surface area contributed by atoms with Crippen molar-refractivity contribution in [3.63, 3.8) is 0 Å². The molecule has 0 heterocycles. The number of benzene rings is 1. The zero-order valence-corrected chi connectivity index (χ0v) is 11.3. The van der Waals surface area contributed by atoms with Crippen molar-refractivity contribution in [1.82, 2.24) is 5.32 Å². The summed E-state index contributed by atoms with van der Waals surface area (Å²) in [6, 6.07) is 6.12. The number of urea groups is 1. The van der Waals surface area contributed by atoms with Gasteiger partial charge in [0.15, 0.2) is 0 Å². The zero-order valence-electron chi connectivity index (χ0n) is 11.3. The quantitative estimate of drug-likeness (QED) is 0.739. The molecule has 5 heteroatoms. The first kappa shape index (κ1) is 15.0. The van der Waals surface area contributed by atoms with Gasteiger partial charge in [0.2, 0.25) is 0 Å². The Hall–Kier alpha value is -2.04. The average molecular weight is 264 g/mol. The number of nitrogens with one attached hydrogen (secondary N) is 2. The first-order chi connectivity index (χ1) is 9.08. The molecule has 0 fully saturated rings. The molecule has 0 radical (unpaired) electrons. The van der Waals surface area contributed by atoms with Crippen LogP contribution in [0.4, 0.5) is 10.5 Å². The number of anilines is 1. The third-order valence-corrected chi connectivity index (χ3v) is 2.83. The molecule has 1 rings (SSSR count). The summed E-state index contributed by atoms with van der Waals surface area (Å²) < 4.78 is 0. The Labute approximate surface area is 113 Å². The van der Waals surface area contributed by atoms with Gasteiger partial charge in [0.1, 0.15) is 6.04 Å². The van der Waals surface area contributed by atoms with Gasteiger partial charge in [0.25, 0.3) is 0 Å². The maximum Gasteiger partial charge on any atom is 0.326 e. The molecule has 104 valence electrons. The van der Waals surface area contributed by atoms with Gasteiger partial charge in [-0.1, -0.05) is 38.5 Å². The number of carbonyl (C=O) groups excluding carboxylic acids is 1. The molecule has 0 aliphatic rings. The van der Waals surface area contributed by atoms with Gasteiger partial charge >= 0.3 is 12.0 Å². The second kappa shape index (κ2) is 7.41. The number of hydrogen-bond donors (Lipinski definition) is 3. The fourth-order valence-corrected chi connectivity index (χ4v) is 1.81. The smallest absolute Gasteiger partial charge is 0.326 e. The molecule has 0 unspecified atom stereocenters. The number of carboxylic acids is 1. The number of carbonyl (C=O) groups is 2. The predicted molar refractivity (Wildman–Crippen MR) is 74.3 cm³/mol. The van der Waals surface area contributed by atoms with E-state index in [4.69, 9.17) is 5.11 Å². The van der Waals surface area contributed by atoms with E-state index in [2.05, 4.69) is 10.6 Å². The third kappa shape index (κ3) is 4.62. The summed E-state index contributed by atoms with van der Waals surface area (Å²) in [5.74, 6) is -1.01. The van der Waals surface area contributed by atoms with E-state index in [-0.39, 0.29) is 0 Å². The molecule has 5 nitrogen and oxygen atoms in total. The third-order valence-electron chi connectivity index (χ3n) is 2.83. The van der Waals surface area contributed by atoms with Crippen molar-refractivity contribution in [2.45, 2.75) is 39.2 Å². The molecule has 0 saturated heterocycles. The molecule has 0 saturated carbocycles. The van der Waals surface area contributed by atoms with Crippen LogP contribution in [0.1, 0.15) is 32.3 Å². The summed E-state index contributed by atoms with van der Waals surface area (Å²) in [6.45, 7) is 3.87. The lowest BCUT2D eigenvalue weighted by Gasteiger charge is -2.15. The number of carboxylic acid groups (broad SMARTS) is 1. The van der Waals surface area contributed by atoms with Gasteiger partial charge < -0.3 is 15.7 Å². The van der Waals surface area contributed by atoms with Gasteiger partial charge in [-0.25, -0.2) is 9.59 Å². The van der Waals surface area contributed by atoms with Crippen molar-refractivity contribution >= 4 is 17.7 Å². The van der Waals surface area contributed by atoms with Gasteiger partial charge in [-0.2, -0.15) is 0 Å². The lowest BCUT2D eigenvalue weighted by atomic mass is 10.1. The molecule has 0 aliphatic heterocycles. The van der Waals surface area contributed by atoms with Crippen LogP contribution in [0.15, 0.2) is 24.3 Å². The summed E-state index contributed by atoms with van der Waals surface area (Å²) in [5.41, 5.74) is 1.73. The Morgan fingerprint density at radius 2 is 1.95 bits per heavy atom. The number of rotatable bonds is 6. The molecule has 0 aliphatic carbocycles. The first-order valence-corrected chi connectivity index (χ1v) is 6.46. The summed E-state index contributed by atoms with van der Waals surface area (Å²) in [6.07, 6.45) is 1.91. The van der Waals surface area contributed by atoms with Crippen molar-refractivity contribution in [3.8, 4) is 0 Å². The van der Waals surface area contributed by atoms with E-state index in [1.54, 1.807) is 6.07 Å². The molecule has 19 heavy (non-hydrogen) atoms. The molecule has 1 atom stereocenters. The molecule has 0 aromatic heterocycles. The molecular formula is C14H20N2O3. The Morgan fingerprint density at radius 3 is 2.53 bits per heavy atom. The van der Waals surface area contributed by atoms with Crippen LogP contribution in [0.5, 0.6) is 0 Å². The SMILES string of the molecule is CCC[C@@H](NC(=O)Nc1ccccc1CC)C(=O)O. The molecule has 1 aromatic carbocycles. The molecule has 2 amide bonds. The highest BCUT2D eigenvalue weighted by atomic mass is 16.4. The number of aliphatic carboxylic acids is 1. The standard InChI is InChI=1S/C14H20N2O3/c1-3-7-12(13(17)18)16-14(19)15-11-9-6-5-8-10(11)4-2/h5-6,8-9,12H,3-4,7H2,1-2H3,(H,17,18)(H2,15,16,19)/t12-/m1/s1. The number of hydrogen-bond acceptors (Lipinski definition) is 2. The van der Waals surface area contributed by atoms with Crippen LogP contribution in [0.2, 0.25) is 0 Å². The molecular weight excluding hydrogens is 244 g/mol. The largest absolute Gasteiger partial charge is 0.480 e. The van der Waals surface area contributed by atoms with Crippen LogP contribution in [-0.4, -0.2) is 23.1 Å². The average Bonchev–Trinajstić information content (AvgIpc) is 2.38. The number of aryl methyl sites for hydroxylation is 1. The Bertz CT molecular complexity index is 446. The molecule has 0 bridgehead atoms. The fraction of sp³-hybridized carbons (Fsp3) is 0.429. The summed E-state index contributed by atoms with van der Waals surface area (Å²) in [5, 5.41) is 14.1. The lowest BCUT2D eigenvalue weighted by molar-refractivity contribution is -0.139. The van der Waals surface area contributed by atoms with E-state index < -0.39 is 18.0 Å². The van der Waals surface area contributed by atoms with Crippen molar-refractivity contribution in [2.75, 3.05) is 5.32 Å². The second-order valence-electron chi connectivity index (χ2n) is 4.29. The number of para-hydroxylation sites is 1. The van der Waals surface area contributed by atoms with Crippen LogP contribution in [0, 0.1) is 0 Å². The van der Waals surface area contributed by atoms with E-state index in [0.29, 0.717) is 18.5 Å².